The normalized spacial score (nSPS) is 14.1. The zero-order valence-electron chi connectivity index (χ0n) is 11.8. The van der Waals surface area contributed by atoms with Gasteiger partial charge in [0, 0.05) is 12.6 Å². The topological polar surface area (TPSA) is 78.4 Å². The molecule has 0 saturated carbocycles. The Balaban J connectivity index is 3.87. The molecule has 0 aliphatic carbocycles. The molecule has 0 rings (SSSR count). The van der Waals surface area contributed by atoms with Gasteiger partial charge in [0.05, 0.1) is 5.92 Å². The molecule has 3 N–H and O–H groups in total. The predicted octanol–water partition coefficient (Wildman–Crippen LogP) is 2.22. The van der Waals surface area contributed by atoms with E-state index in [9.17, 15) is 9.59 Å². The van der Waals surface area contributed by atoms with Crippen molar-refractivity contribution in [3.05, 3.63) is 0 Å². The Morgan fingerprint density at radius 1 is 1.17 bits per heavy atom. The van der Waals surface area contributed by atoms with Gasteiger partial charge in [0.15, 0.2) is 0 Å². The summed E-state index contributed by atoms with van der Waals surface area (Å²) < 4.78 is 0. The first kappa shape index (κ1) is 16.7. The number of hydrogen-bond donors (Lipinski definition) is 3. The molecule has 2 amide bonds. The van der Waals surface area contributed by atoms with Gasteiger partial charge >= 0.3 is 12.0 Å². The number of carbonyl (C=O) groups is 2. The molecule has 0 aliphatic rings. The van der Waals surface area contributed by atoms with Crippen molar-refractivity contribution in [2.24, 2.45) is 11.8 Å². The minimum Gasteiger partial charge on any atom is -0.481 e. The number of carboxylic acid groups (broad SMARTS) is 1. The summed E-state index contributed by atoms with van der Waals surface area (Å²) in [5, 5.41) is 14.3. The van der Waals surface area contributed by atoms with Crippen molar-refractivity contribution >= 4 is 12.0 Å². The number of nitrogens with one attached hydrogen (secondary N) is 2. The van der Waals surface area contributed by atoms with Crippen molar-refractivity contribution in [2.45, 2.75) is 53.0 Å². The SMILES string of the molecule is CCC(CC)C(C)NC(=O)NCCC(C)C(=O)O. The van der Waals surface area contributed by atoms with E-state index in [-0.39, 0.29) is 12.1 Å². The van der Waals surface area contributed by atoms with E-state index in [4.69, 9.17) is 5.11 Å². The fourth-order valence-corrected chi connectivity index (χ4v) is 1.90. The van der Waals surface area contributed by atoms with Gasteiger partial charge in [0.25, 0.3) is 0 Å². The summed E-state index contributed by atoms with van der Waals surface area (Å²) in [6, 6.07) is -0.0797. The van der Waals surface area contributed by atoms with Crippen LogP contribution in [0.1, 0.15) is 47.0 Å². The van der Waals surface area contributed by atoms with Gasteiger partial charge in [0.1, 0.15) is 0 Å². The number of rotatable bonds is 8. The highest BCUT2D eigenvalue weighted by Crippen LogP contribution is 2.12. The second-order valence-corrected chi connectivity index (χ2v) is 4.79. The standard InChI is InChI=1S/C13H26N2O3/c1-5-11(6-2)10(4)15-13(18)14-8-7-9(3)12(16)17/h9-11H,5-8H2,1-4H3,(H,16,17)(H2,14,15,18). The first-order chi connectivity index (χ1) is 8.42. The second kappa shape index (κ2) is 8.78. The first-order valence-corrected chi connectivity index (χ1v) is 6.69. The van der Waals surface area contributed by atoms with Crippen molar-refractivity contribution < 1.29 is 14.7 Å². The Kier molecular flexibility index (Phi) is 8.16. The number of hydrogen-bond acceptors (Lipinski definition) is 2. The van der Waals surface area contributed by atoms with E-state index >= 15 is 0 Å². The highest BCUT2D eigenvalue weighted by atomic mass is 16.4. The van der Waals surface area contributed by atoms with Crippen molar-refractivity contribution in [2.75, 3.05) is 6.54 Å². The third kappa shape index (κ3) is 6.47. The van der Waals surface area contributed by atoms with Gasteiger partial charge in [-0.25, -0.2) is 4.79 Å². The largest absolute Gasteiger partial charge is 0.481 e. The van der Waals surface area contributed by atoms with E-state index < -0.39 is 11.9 Å². The molecule has 0 aromatic carbocycles. The summed E-state index contributed by atoms with van der Waals surface area (Å²) in [4.78, 5) is 22.2. The molecule has 2 atom stereocenters. The summed E-state index contributed by atoms with van der Waals surface area (Å²) in [5.41, 5.74) is 0. The van der Waals surface area contributed by atoms with E-state index in [0.717, 1.165) is 12.8 Å². The van der Waals surface area contributed by atoms with Crippen LogP contribution in [0.3, 0.4) is 0 Å². The van der Waals surface area contributed by atoms with Crippen molar-refractivity contribution in [1.82, 2.24) is 10.6 Å². The van der Waals surface area contributed by atoms with Crippen LogP contribution in [0.5, 0.6) is 0 Å². The van der Waals surface area contributed by atoms with Gasteiger partial charge < -0.3 is 15.7 Å². The number of amides is 2. The third-order valence-corrected chi connectivity index (χ3v) is 3.40. The third-order valence-electron chi connectivity index (χ3n) is 3.40. The van der Waals surface area contributed by atoms with Crippen LogP contribution in [0.15, 0.2) is 0 Å². The molecule has 18 heavy (non-hydrogen) atoms. The predicted molar refractivity (Wildman–Crippen MR) is 71.5 cm³/mol. The second-order valence-electron chi connectivity index (χ2n) is 4.79. The maximum Gasteiger partial charge on any atom is 0.315 e. The van der Waals surface area contributed by atoms with E-state index in [0.29, 0.717) is 18.9 Å². The maximum atomic E-state index is 11.6. The Bertz CT molecular complexity index is 265. The number of aliphatic carboxylic acids is 1. The van der Waals surface area contributed by atoms with Gasteiger partial charge in [-0.1, -0.05) is 33.6 Å². The molecule has 2 unspecified atom stereocenters. The Morgan fingerprint density at radius 2 is 1.72 bits per heavy atom. The van der Waals surface area contributed by atoms with Crippen LogP contribution in [0.2, 0.25) is 0 Å². The lowest BCUT2D eigenvalue weighted by molar-refractivity contribution is -0.141. The molecule has 0 aromatic rings. The lowest BCUT2D eigenvalue weighted by Gasteiger charge is -2.22. The molecule has 0 heterocycles. The van der Waals surface area contributed by atoms with Crippen molar-refractivity contribution in [3.8, 4) is 0 Å². The van der Waals surface area contributed by atoms with E-state index in [2.05, 4.69) is 24.5 Å². The van der Waals surface area contributed by atoms with E-state index in [1.165, 1.54) is 0 Å². The Morgan fingerprint density at radius 3 is 2.17 bits per heavy atom. The molecular formula is C13H26N2O3. The summed E-state index contributed by atoms with van der Waals surface area (Å²) in [6.07, 6.45) is 2.52. The molecule has 0 saturated heterocycles. The first-order valence-electron chi connectivity index (χ1n) is 6.69. The highest BCUT2D eigenvalue weighted by Gasteiger charge is 2.16. The molecule has 0 spiro atoms. The molecule has 0 fully saturated rings. The van der Waals surface area contributed by atoms with Gasteiger partial charge in [-0.05, 0) is 19.3 Å². The fourth-order valence-electron chi connectivity index (χ4n) is 1.90. The summed E-state index contributed by atoms with van der Waals surface area (Å²) in [5.74, 6) is -0.780. The van der Waals surface area contributed by atoms with Crippen LogP contribution in [-0.4, -0.2) is 29.7 Å². The van der Waals surface area contributed by atoms with Crippen LogP contribution in [0, 0.1) is 11.8 Å². The Hall–Kier alpha value is -1.26. The van der Waals surface area contributed by atoms with E-state index in [1.54, 1.807) is 6.92 Å². The summed E-state index contributed by atoms with van der Waals surface area (Å²) in [7, 11) is 0. The summed E-state index contributed by atoms with van der Waals surface area (Å²) >= 11 is 0. The van der Waals surface area contributed by atoms with Crippen LogP contribution in [0.4, 0.5) is 4.79 Å². The zero-order valence-corrected chi connectivity index (χ0v) is 11.8. The monoisotopic (exact) mass is 258 g/mol. The van der Waals surface area contributed by atoms with Crippen LogP contribution in [0.25, 0.3) is 0 Å². The van der Waals surface area contributed by atoms with Crippen LogP contribution < -0.4 is 10.6 Å². The molecule has 0 aliphatic heterocycles. The lowest BCUT2D eigenvalue weighted by Crippen LogP contribution is -2.44. The molecule has 0 radical (unpaired) electrons. The maximum absolute atomic E-state index is 11.6. The van der Waals surface area contributed by atoms with Crippen molar-refractivity contribution in [3.63, 3.8) is 0 Å². The molecule has 5 nitrogen and oxygen atoms in total. The molecule has 0 aromatic heterocycles. The van der Waals surface area contributed by atoms with Gasteiger partial charge in [-0.3, -0.25) is 4.79 Å². The quantitative estimate of drug-likeness (QED) is 0.624. The highest BCUT2D eigenvalue weighted by molar-refractivity contribution is 5.74. The average molecular weight is 258 g/mol. The lowest BCUT2D eigenvalue weighted by atomic mass is 9.96. The molecule has 106 valence electrons. The van der Waals surface area contributed by atoms with Crippen LogP contribution in [-0.2, 0) is 4.79 Å². The average Bonchev–Trinajstić information content (AvgIpc) is 2.30. The molecule has 0 bridgehead atoms. The van der Waals surface area contributed by atoms with Gasteiger partial charge in [-0.2, -0.15) is 0 Å². The molecular weight excluding hydrogens is 232 g/mol. The number of carboxylic acids is 1. The van der Waals surface area contributed by atoms with Gasteiger partial charge in [0.2, 0.25) is 0 Å². The van der Waals surface area contributed by atoms with E-state index in [1.807, 2.05) is 6.92 Å². The Labute approximate surface area is 109 Å². The summed E-state index contributed by atoms with van der Waals surface area (Å²) in [6.45, 7) is 8.23. The minimum absolute atomic E-state index is 0.136. The number of carbonyl (C=O) groups excluding carboxylic acids is 1. The number of urea groups is 1. The fraction of sp³-hybridized carbons (Fsp3) is 0.846. The van der Waals surface area contributed by atoms with Gasteiger partial charge in [-0.15, -0.1) is 0 Å². The minimum atomic E-state index is -0.831. The van der Waals surface area contributed by atoms with Crippen molar-refractivity contribution in [1.29, 1.82) is 0 Å². The zero-order chi connectivity index (χ0) is 14.1. The smallest absolute Gasteiger partial charge is 0.315 e. The van der Waals surface area contributed by atoms with Crippen LogP contribution >= 0.6 is 0 Å². The molecule has 5 heteroatoms.